The number of rotatable bonds is 7. The SMILES string of the molecule is C[N+](C)(C)CCO[P+](=O)C(O)C(O)CO.[I-]. The van der Waals surface area contributed by atoms with E-state index in [0.29, 0.717) is 11.0 Å². The third-order valence-corrected chi connectivity index (χ3v) is 2.94. The first-order valence-corrected chi connectivity index (χ1v) is 5.89. The zero-order valence-corrected chi connectivity index (χ0v) is 12.8. The van der Waals surface area contributed by atoms with Crippen LogP contribution < -0.4 is 24.0 Å². The van der Waals surface area contributed by atoms with Crippen molar-refractivity contribution in [3.8, 4) is 0 Å². The van der Waals surface area contributed by atoms with Crippen molar-refractivity contribution < 1.29 is 52.9 Å². The molecule has 0 aromatic carbocycles. The summed E-state index contributed by atoms with van der Waals surface area (Å²) in [6.45, 7) is 0.234. The third kappa shape index (κ3) is 8.74. The smallest absolute Gasteiger partial charge is 0.543 e. The lowest BCUT2D eigenvalue weighted by Crippen LogP contribution is -3.00. The van der Waals surface area contributed by atoms with Crippen molar-refractivity contribution in [3.05, 3.63) is 0 Å². The van der Waals surface area contributed by atoms with Gasteiger partial charge in [0.2, 0.25) is 0 Å². The third-order valence-electron chi connectivity index (χ3n) is 1.73. The zero-order chi connectivity index (χ0) is 12.1. The molecule has 16 heavy (non-hydrogen) atoms. The van der Waals surface area contributed by atoms with Gasteiger partial charge < -0.3 is 43.8 Å². The van der Waals surface area contributed by atoms with Crippen molar-refractivity contribution in [2.75, 3.05) is 40.9 Å². The molecule has 0 aromatic heterocycles. The lowest BCUT2D eigenvalue weighted by molar-refractivity contribution is -0.870. The highest BCUT2D eigenvalue weighted by Crippen LogP contribution is 2.29. The van der Waals surface area contributed by atoms with Crippen molar-refractivity contribution in [2.24, 2.45) is 0 Å². The topological polar surface area (TPSA) is 87.0 Å². The van der Waals surface area contributed by atoms with Crippen molar-refractivity contribution >= 4 is 8.03 Å². The Balaban J connectivity index is 0. The maximum Gasteiger partial charge on any atom is 0.543 e. The Bertz CT molecular complexity index is 211. The van der Waals surface area contributed by atoms with Gasteiger partial charge >= 0.3 is 13.9 Å². The highest BCUT2D eigenvalue weighted by atomic mass is 127. The van der Waals surface area contributed by atoms with Crippen molar-refractivity contribution in [1.82, 2.24) is 0 Å². The van der Waals surface area contributed by atoms with Crippen molar-refractivity contribution in [3.63, 3.8) is 0 Å². The first-order chi connectivity index (χ1) is 6.78. The minimum atomic E-state index is -2.35. The molecule has 0 radical (unpaired) electrons. The lowest BCUT2D eigenvalue weighted by atomic mass is 10.4. The molecular weight excluding hydrogens is 348 g/mol. The molecule has 0 aliphatic rings. The van der Waals surface area contributed by atoms with Gasteiger partial charge in [0.05, 0.1) is 27.7 Å². The molecule has 3 unspecified atom stereocenters. The average Bonchev–Trinajstić information content (AvgIpc) is 2.13. The van der Waals surface area contributed by atoms with E-state index >= 15 is 0 Å². The first kappa shape index (κ1) is 19.0. The van der Waals surface area contributed by atoms with Crippen LogP contribution in [-0.2, 0) is 9.09 Å². The number of hydrogen-bond acceptors (Lipinski definition) is 5. The van der Waals surface area contributed by atoms with Gasteiger partial charge in [-0.3, -0.25) is 0 Å². The van der Waals surface area contributed by atoms with Crippen LogP contribution in [0.1, 0.15) is 0 Å². The molecule has 0 saturated heterocycles. The second kappa shape index (κ2) is 8.68. The van der Waals surface area contributed by atoms with Crippen LogP contribution in [0.3, 0.4) is 0 Å². The van der Waals surface area contributed by atoms with Crippen molar-refractivity contribution in [1.29, 1.82) is 0 Å². The van der Waals surface area contributed by atoms with E-state index in [1.165, 1.54) is 0 Å². The second-order valence-corrected chi connectivity index (χ2v) is 5.65. The second-order valence-electron chi connectivity index (χ2n) is 4.30. The van der Waals surface area contributed by atoms with E-state index in [2.05, 4.69) is 0 Å². The number of hydrogen-bond donors (Lipinski definition) is 3. The lowest BCUT2D eigenvalue weighted by Gasteiger charge is -2.22. The maximum absolute atomic E-state index is 11.2. The molecule has 0 amide bonds. The van der Waals surface area contributed by atoms with E-state index in [9.17, 15) is 9.67 Å². The first-order valence-electron chi connectivity index (χ1n) is 4.64. The molecule has 0 heterocycles. The molecule has 0 bridgehead atoms. The monoisotopic (exact) mass is 368 g/mol. The summed E-state index contributed by atoms with van der Waals surface area (Å²) in [5, 5.41) is 26.7. The van der Waals surface area contributed by atoms with Gasteiger partial charge in [0, 0.05) is 0 Å². The minimum Gasteiger partial charge on any atom is -1.00 e. The standard InChI is InChI=1S/C8H20NO5P.HI/c1-9(2,3)4-5-14-15(13)8(12)7(11)6-10;/h7-8,10-12H,4-6H2,1-3H3;1H/q+2;/p-1. The molecule has 0 rings (SSSR count). The summed E-state index contributed by atoms with van der Waals surface area (Å²) in [5.74, 6) is -1.53. The summed E-state index contributed by atoms with van der Waals surface area (Å²) in [4.78, 5) is 0. The van der Waals surface area contributed by atoms with Crippen LogP contribution in [0.2, 0.25) is 0 Å². The van der Waals surface area contributed by atoms with Gasteiger partial charge in [0.25, 0.3) is 0 Å². The van der Waals surface area contributed by atoms with Crippen LogP contribution in [-0.4, -0.2) is 72.7 Å². The van der Waals surface area contributed by atoms with E-state index in [4.69, 9.17) is 14.7 Å². The summed E-state index contributed by atoms with van der Waals surface area (Å²) in [5.41, 5.74) is 0. The molecule has 98 valence electrons. The Morgan fingerprint density at radius 3 is 2.19 bits per heavy atom. The van der Waals surface area contributed by atoms with E-state index in [-0.39, 0.29) is 30.6 Å². The Morgan fingerprint density at radius 2 is 1.81 bits per heavy atom. The van der Waals surface area contributed by atoms with Crippen LogP contribution in [0.15, 0.2) is 0 Å². The number of quaternary nitrogens is 1. The summed E-state index contributed by atoms with van der Waals surface area (Å²) in [6.07, 6.45) is -1.42. The normalized spacial score (nSPS) is 16.2. The Labute approximate surface area is 114 Å². The number of nitrogens with zero attached hydrogens (tertiary/aromatic N) is 1. The summed E-state index contributed by atoms with van der Waals surface area (Å²) >= 11 is 0. The predicted octanol–water partition coefficient (Wildman–Crippen LogP) is -3.87. The Hall–Kier alpha value is 0.630. The molecule has 0 fully saturated rings. The highest BCUT2D eigenvalue weighted by Gasteiger charge is 2.37. The maximum atomic E-state index is 11.2. The number of likely N-dealkylation sites (N-methyl/N-ethyl adjacent to an activating group) is 1. The fraction of sp³-hybridized carbons (Fsp3) is 1.00. The van der Waals surface area contributed by atoms with Crippen LogP contribution in [0.5, 0.6) is 0 Å². The van der Waals surface area contributed by atoms with Gasteiger partial charge in [0.15, 0.2) is 12.7 Å². The van der Waals surface area contributed by atoms with Crippen LogP contribution in [0.4, 0.5) is 0 Å². The largest absolute Gasteiger partial charge is 1.00 e. The molecule has 0 saturated carbocycles. The molecule has 0 aliphatic carbocycles. The fourth-order valence-electron chi connectivity index (χ4n) is 0.716. The van der Waals surface area contributed by atoms with E-state index in [1.807, 2.05) is 21.1 Å². The summed E-state index contributed by atoms with van der Waals surface area (Å²) < 4.78 is 16.8. The molecule has 0 aliphatic heterocycles. The van der Waals surface area contributed by atoms with Crippen molar-refractivity contribution in [2.45, 2.75) is 11.9 Å². The molecule has 0 spiro atoms. The van der Waals surface area contributed by atoms with Crippen LogP contribution >= 0.6 is 8.03 Å². The quantitative estimate of drug-likeness (QED) is 0.243. The molecule has 3 atom stereocenters. The Morgan fingerprint density at radius 1 is 1.31 bits per heavy atom. The van der Waals surface area contributed by atoms with Gasteiger partial charge in [-0.2, -0.15) is 0 Å². The predicted molar refractivity (Wildman–Crippen MR) is 55.6 cm³/mol. The van der Waals surface area contributed by atoms with Crippen LogP contribution in [0, 0.1) is 0 Å². The zero-order valence-electron chi connectivity index (χ0n) is 9.71. The van der Waals surface area contributed by atoms with E-state index < -0.39 is 26.6 Å². The molecular formula is C8H20INO5P+. The number of aliphatic hydroxyl groups is 3. The molecule has 0 aromatic rings. The molecule has 6 nitrogen and oxygen atoms in total. The number of halogens is 1. The molecule has 8 heteroatoms. The van der Waals surface area contributed by atoms with E-state index in [0.717, 1.165) is 0 Å². The molecule has 3 N–H and O–H groups in total. The fourth-order valence-corrected chi connectivity index (χ4v) is 1.51. The Kier molecular flexibility index (Phi) is 10.3. The summed E-state index contributed by atoms with van der Waals surface area (Å²) in [7, 11) is 3.51. The van der Waals surface area contributed by atoms with Gasteiger partial charge in [-0.05, 0) is 4.57 Å². The van der Waals surface area contributed by atoms with Gasteiger partial charge in [-0.1, -0.05) is 0 Å². The number of aliphatic hydroxyl groups excluding tert-OH is 3. The van der Waals surface area contributed by atoms with Gasteiger partial charge in [-0.15, -0.1) is 4.52 Å². The van der Waals surface area contributed by atoms with E-state index in [1.54, 1.807) is 0 Å². The summed E-state index contributed by atoms with van der Waals surface area (Å²) in [6, 6.07) is 0. The van der Waals surface area contributed by atoms with Gasteiger partial charge in [0.1, 0.15) is 6.54 Å². The average molecular weight is 368 g/mol. The van der Waals surface area contributed by atoms with Gasteiger partial charge in [-0.25, -0.2) is 0 Å². The minimum absolute atomic E-state index is 0. The highest BCUT2D eigenvalue weighted by molar-refractivity contribution is 7.39. The van der Waals surface area contributed by atoms with Crippen LogP contribution in [0.25, 0.3) is 0 Å².